The molecule has 1 atom stereocenters. The van der Waals surface area contributed by atoms with Gasteiger partial charge >= 0.3 is 0 Å². The lowest BCUT2D eigenvalue weighted by Crippen LogP contribution is -2.51. The van der Waals surface area contributed by atoms with Gasteiger partial charge < -0.3 is 15.3 Å². The van der Waals surface area contributed by atoms with Crippen molar-refractivity contribution in [2.45, 2.75) is 44.6 Å². The van der Waals surface area contributed by atoms with E-state index in [0.29, 0.717) is 24.3 Å². The van der Waals surface area contributed by atoms with Crippen LogP contribution in [0.25, 0.3) is 10.4 Å². The Labute approximate surface area is 187 Å². The quantitative estimate of drug-likeness (QED) is 0.638. The van der Waals surface area contributed by atoms with E-state index in [0.717, 1.165) is 40.3 Å². The van der Waals surface area contributed by atoms with Crippen LogP contribution in [0.5, 0.6) is 0 Å². The van der Waals surface area contributed by atoms with Gasteiger partial charge in [-0.15, -0.1) is 11.3 Å². The van der Waals surface area contributed by atoms with Crippen LogP contribution in [0.3, 0.4) is 0 Å². The van der Waals surface area contributed by atoms with Crippen molar-refractivity contribution in [1.82, 2.24) is 4.90 Å². The number of nitrogens with zero attached hydrogens (tertiary/aromatic N) is 1. The van der Waals surface area contributed by atoms with Crippen molar-refractivity contribution >= 4 is 22.2 Å². The predicted octanol–water partition coefficient (Wildman–Crippen LogP) is 5.30. The van der Waals surface area contributed by atoms with E-state index in [1.807, 2.05) is 25.1 Å². The number of likely N-dealkylation sites (N-methyl/N-ethyl adjacent to an activating group) is 1. The van der Waals surface area contributed by atoms with Crippen LogP contribution in [0, 0.1) is 29.0 Å². The number of rotatable bonds is 6. The highest BCUT2D eigenvalue weighted by Crippen LogP contribution is 2.60. The summed E-state index contributed by atoms with van der Waals surface area (Å²) in [5.74, 6) is 1.97. The Morgan fingerprint density at radius 2 is 1.74 bits per heavy atom. The van der Waals surface area contributed by atoms with Gasteiger partial charge in [0.2, 0.25) is 5.91 Å². The second-order valence-electron chi connectivity index (χ2n) is 10.3. The average molecular weight is 443 g/mol. The molecule has 1 unspecified atom stereocenters. The number of amides is 1. The van der Waals surface area contributed by atoms with Crippen LogP contribution < -0.4 is 5.32 Å². The van der Waals surface area contributed by atoms with Gasteiger partial charge in [-0.2, -0.15) is 0 Å². The standard InChI is InChI=1S/C25H31FN2O2S/c1-28(2)14-21(29)20-10-22(18-3-5-19(26)6-4-18)31-23(20)27-24(30)25-11-15-7-16(12-25)9-17(8-15)13-25/h3-6,10,15-17,21,29H,7-9,11-14H2,1-2H3,(H,27,30). The molecule has 4 saturated carbocycles. The van der Waals surface area contributed by atoms with Gasteiger partial charge in [0.1, 0.15) is 10.8 Å². The summed E-state index contributed by atoms with van der Waals surface area (Å²) in [7, 11) is 3.84. The first kappa shape index (κ1) is 21.1. The maximum atomic E-state index is 13.6. The van der Waals surface area contributed by atoms with Crippen LogP contribution in [0.1, 0.15) is 50.2 Å². The topological polar surface area (TPSA) is 52.6 Å². The van der Waals surface area contributed by atoms with Gasteiger partial charge in [-0.3, -0.25) is 4.79 Å². The van der Waals surface area contributed by atoms with Gasteiger partial charge in [0, 0.05) is 17.0 Å². The Balaban J connectivity index is 1.44. The Bertz CT molecular complexity index is 933. The Morgan fingerprint density at radius 1 is 1.16 bits per heavy atom. The minimum Gasteiger partial charge on any atom is -0.387 e. The highest BCUT2D eigenvalue weighted by molar-refractivity contribution is 7.19. The summed E-state index contributed by atoms with van der Waals surface area (Å²) in [6.45, 7) is 0.472. The second-order valence-corrected chi connectivity index (χ2v) is 11.4. The van der Waals surface area contributed by atoms with E-state index >= 15 is 0 Å². The highest BCUT2D eigenvalue weighted by Gasteiger charge is 2.54. The molecule has 2 aromatic rings. The zero-order valence-corrected chi connectivity index (χ0v) is 19.1. The Kier molecular flexibility index (Phi) is 5.43. The van der Waals surface area contributed by atoms with E-state index in [2.05, 4.69) is 5.32 Å². The van der Waals surface area contributed by atoms with Gasteiger partial charge in [-0.05, 0) is 94.1 Å². The molecule has 4 bridgehead atoms. The average Bonchev–Trinajstić information content (AvgIpc) is 3.11. The first-order chi connectivity index (χ1) is 14.8. The molecule has 1 heterocycles. The van der Waals surface area contributed by atoms with E-state index in [9.17, 15) is 14.3 Å². The number of aliphatic hydroxyl groups is 1. The Morgan fingerprint density at radius 3 is 2.29 bits per heavy atom. The van der Waals surface area contributed by atoms with E-state index in [1.165, 1.54) is 42.7 Å². The number of anilines is 1. The van der Waals surface area contributed by atoms with Crippen molar-refractivity contribution in [2.75, 3.05) is 26.0 Å². The molecule has 0 saturated heterocycles. The molecule has 166 valence electrons. The van der Waals surface area contributed by atoms with Crippen LogP contribution in [0.15, 0.2) is 30.3 Å². The molecule has 0 aliphatic heterocycles. The third-order valence-electron chi connectivity index (χ3n) is 7.53. The van der Waals surface area contributed by atoms with Gasteiger partial charge in [-0.25, -0.2) is 4.39 Å². The fraction of sp³-hybridized carbons (Fsp3) is 0.560. The maximum Gasteiger partial charge on any atom is 0.231 e. The fourth-order valence-electron chi connectivity index (χ4n) is 6.58. The van der Waals surface area contributed by atoms with E-state index in [4.69, 9.17) is 0 Å². The van der Waals surface area contributed by atoms with Crippen molar-refractivity contribution in [3.63, 3.8) is 0 Å². The summed E-state index contributed by atoms with van der Waals surface area (Å²) < 4.78 is 13.4. The number of carbonyl (C=O) groups is 1. The van der Waals surface area contributed by atoms with Crippen molar-refractivity contribution in [3.05, 3.63) is 41.7 Å². The van der Waals surface area contributed by atoms with Crippen molar-refractivity contribution in [1.29, 1.82) is 0 Å². The largest absolute Gasteiger partial charge is 0.387 e. The smallest absolute Gasteiger partial charge is 0.231 e. The molecule has 31 heavy (non-hydrogen) atoms. The molecule has 1 aromatic carbocycles. The van der Waals surface area contributed by atoms with Crippen LogP contribution in [-0.4, -0.2) is 36.6 Å². The molecular weight excluding hydrogens is 411 g/mol. The molecule has 1 amide bonds. The zero-order chi connectivity index (χ0) is 21.8. The number of nitrogens with one attached hydrogen (secondary N) is 1. The molecule has 0 radical (unpaired) electrons. The lowest BCUT2D eigenvalue weighted by molar-refractivity contribution is -0.140. The number of hydrogen-bond donors (Lipinski definition) is 2. The van der Waals surface area contributed by atoms with Gasteiger partial charge in [0.25, 0.3) is 0 Å². The summed E-state index contributed by atoms with van der Waals surface area (Å²) in [6, 6.07) is 8.32. The lowest BCUT2D eigenvalue weighted by atomic mass is 9.49. The van der Waals surface area contributed by atoms with Crippen molar-refractivity contribution < 1.29 is 14.3 Å². The molecule has 4 fully saturated rings. The summed E-state index contributed by atoms with van der Waals surface area (Å²) in [5.41, 5.74) is 1.40. The number of benzene rings is 1. The molecule has 4 aliphatic rings. The number of hydrogen-bond acceptors (Lipinski definition) is 4. The van der Waals surface area contributed by atoms with Gasteiger partial charge in [-0.1, -0.05) is 12.1 Å². The first-order valence-electron chi connectivity index (χ1n) is 11.4. The zero-order valence-electron chi connectivity index (χ0n) is 18.2. The fourth-order valence-corrected chi connectivity index (χ4v) is 7.69. The normalized spacial score (nSPS) is 30.0. The van der Waals surface area contributed by atoms with E-state index in [1.54, 1.807) is 12.1 Å². The van der Waals surface area contributed by atoms with E-state index in [-0.39, 0.29) is 17.1 Å². The summed E-state index contributed by atoms with van der Waals surface area (Å²) >= 11 is 1.47. The minimum atomic E-state index is -0.702. The first-order valence-corrected chi connectivity index (χ1v) is 12.2. The monoisotopic (exact) mass is 442 g/mol. The molecule has 6 rings (SSSR count). The number of halogens is 1. The van der Waals surface area contributed by atoms with Crippen LogP contribution in [0.4, 0.5) is 9.39 Å². The molecule has 2 N–H and O–H groups in total. The summed E-state index contributed by atoms with van der Waals surface area (Å²) in [5, 5.41) is 14.9. The lowest BCUT2D eigenvalue weighted by Gasteiger charge is -2.55. The minimum absolute atomic E-state index is 0.136. The van der Waals surface area contributed by atoms with Crippen LogP contribution in [-0.2, 0) is 4.79 Å². The summed E-state index contributed by atoms with van der Waals surface area (Å²) in [6.07, 6.45) is 6.23. The van der Waals surface area contributed by atoms with E-state index < -0.39 is 6.10 Å². The van der Waals surface area contributed by atoms with Crippen LogP contribution >= 0.6 is 11.3 Å². The SMILES string of the molecule is CN(C)CC(O)c1cc(-c2ccc(F)cc2)sc1NC(=O)C12CC3CC(CC(C3)C1)C2. The molecule has 4 nitrogen and oxygen atoms in total. The molecule has 6 heteroatoms. The Hall–Kier alpha value is -1.76. The number of carbonyl (C=O) groups excluding carboxylic acids is 1. The van der Waals surface area contributed by atoms with Crippen molar-refractivity contribution in [3.8, 4) is 10.4 Å². The van der Waals surface area contributed by atoms with Gasteiger partial charge in [0.15, 0.2) is 0 Å². The van der Waals surface area contributed by atoms with Crippen LogP contribution in [0.2, 0.25) is 0 Å². The molecular formula is C25H31FN2O2S. The third-order valence-corrected chi connectivity index (χ3v) is 8.65. The highest BCUT2D eigenvalue weighted by atomic mass is 32.1. The molecule has 1 aromatic heterocycles. The number of thiophene rings is 1. The maximum absolute atomic E-state index is 13.6. The van der Waals surface area contributed by atoms with Gasteiger partial charge in [0.05, 0.1) is 11.5 Å². The predicted molar refractivity (Wildman–Crippen MR) is 122 cm³/mol. The summed E-state index contributed by atoms with van der Waals surface area (Å²) in [4.78, 5) is 16.5. The molecule has 4 aliphatic carbocycles. The molecule has 0 spiro atoms. The van der Waals surface area contributed by atoms with Crippen molar-refractivity contribution in [2.24, 2.45) is 23.2 Å². The second kappa shape index (κ2) is 7.98. The number of aliphatic hydroxyl groups excluding tert-OH is 1. The third kappa shape index (κ3) is 4.06.